The lowest BCUT2D eigenvalue weighted by molar-refractivity contribution is -0.123. The van der Waals surface area contributed by atoms with Gasteiger partial charge < -0.3 is 9.47 Å². The molecule has 0 spiro atoms. The molecule has 0 saturated heterocycles. The summed E-state index contributed by atoms with van der Waals surface area (Å²) in [5, 5.41) is 2.46. The quantitative estimate of drug-likeness (QED) is 0.332. The van der Waals surface area contributed by atoms with Gasteiger partial charge >= 0.3 is 0 Å². The first-order valence-corrected chi connectivity index (χ1v) is 9.80. The SMILES string of the molecule is CCCCCOc1ccc(C(=O)NC(=S)NNC(=O)COc2ccccc2)cc1. The molecule has 0 heterocycles. The lowest BCUT2D eigenvalue weighted by atomic mass is 10.2. The van der Waals surface area contributed by atoms with E-state index in [-0.39, 0.29) is 11.7 Å². The summed E-state index contributed by atoms with van der Waals surface area (Å²) in [7, 11) is 0. The van der Waals surface area contributed by atoms with Gasteiger partial charge in [0.15, 0.2) is 11.7 Å². The zero-order valence-electron chi connectivity index (χ0n) is 16.3. The predicted octanol–water partition coefficient (Wildman–Crippen LogP) is 2.97. The van der Waals surface area contributed by atoms with Crippen LogP contribution in [0.3, 0.4) is 0 Å². The Morgan fingerprint density at radius 2 is 1.59 bits per heavy atom. The average Bonchev–Trinajstić information content (AvgIpc) is 2.75. The molecule has 7 nitrogen and oxygen atoms in total. The highest BCUT2D eigenvalue weighted by Gasteiger charge is 2.09. The molecule has 0 aliphatic carbocycles. The fraction of sp³-hybridized carbons (Fsp3) is 0.286. The molecule has 0 bridgehead atoms. The van der Waals surface area contributed by atoms with E-state index in [2.05, 4.69) is 23.1 Å². The summed E-state index contributed by atoms with van der Waals surface area (Å²) in [6, 6.07) is 15.7. The van der Waals surface area contributed by atoms with Gasteiger partial charge in [-0.2, -0.15) is 0 Å². The van der Waals surface area contributed by atoms with Crippen LogP contribution in [0.25, 0.3) is 0 Å². The Labute approximate surface area is 175 Å². The molecule has 0 aliphatic heterocycles. The average molecular weight is 416 g/mol. The number of rotatable bonds is 9. The Kier molecular flexibility index (Phi) is 9.44. The third kappa shape index (κ3) is 8.61. The van der Waals surface area contributed by atoms with Gasteiger partial charge in [-0.1, -0.05) is 38.0 Å². The number of hydrazine groups is 1. The van der Waals surface area contributed by atoms with Gasteiger partial charge in [-0.25, -0.2) is 0 Å². The van der Waals surface area contributed by atoms with Crippen LogP contribution < -0.4 is 25.6 Å². The number of ether oxygens (including phenoxy) is 2. The standard InChI is InChI=1S/C21H25N3O4S/c1-2-3-7-14-27-18-12-10-16(11-13-18)20(26)22-21(29)24-23-19(25)15-28-17-8-5-4-6-9-17/h4-6,8-13H,2-3,7,14-15H2,1H3,(H,23,25)(H2,22,24,26,29). The molecule has 29 heavy (non-hydrogen) atoms. The maximum absolute atomic E-state index is 12.2. The van der Waals surface area contributed by atoms with E-state index in [0.29, 0.717) is 23.7 Å². The second-order valence-electron chi connectivity index (χ2n) is 6.14. The summed E-state index contributed by atoms with van der Waals surface area (Å²) in [6.07, 6.45) is 3.26. The van der Waals surface area contributed by atoms with Crippen LogP contribution in [0.1, 0.15) is 36.5 Å². The number of amides is 2. The van der Waals surface area contributed by atoms with Crippen molar-refractivity contribution in [3.05, 3.63) is 60.2 Å². The van der Waals surface area contributed by atoms with Gasteiger partial charge in [0.1, 0.15) is 11.5 Å². The number of para-hydroxylation sites is 1. The van der Waals surface area contributed by atoms with Gasteiger partial charge in [0.25, 0.3) is 11.8 Å². The maximum atomic E-state index is 12.2. The van der Waals surface area contributed by atoms with Crippen LogP contribution in [0.5, 0.6) is 11.5 Å². The normalized spacial score (nSPS) is 9.97. The van der Waals surface area contributed by atoms with E-state index in [1.807, 2.05) is 6.07 Å². The van der Waals surface area contributed by atoms with Gasteiger partial charge in [0.2, 0.25) is 0 Å². The molecule has 2 aromatic rings. The fourth-order valence-corrected chi connectivity index (χ4v) is 2.42. The number of hydrogen-bond donors (Lipinski definition) is 3. The number of benzene rings is 2. The molecule has 0 atom stereocenters. The summed E-state index contributed by atoms with van der Waals surface area (Å²) >= 11 is 5.01. The van der Waals surface area contributed by atoms with Crippen molar-refractivity contribution in [3.8, 4) is 11.5 Å². The first-order valence-electron chi connectivity index (χ1n) is 9.39. The molecule has 0 fully saturated rings. The molecule has 8 heteroatoms. The molecule has 0 aromatic heterocycles. The van der Waals surface area contributed by atoms with Crippen molar-refractivity contribution < 1.29 is 19.1 Å². The van der Waals surface area contributed by atoms with E-state index >= 15 is 0 Å². The van der Waals surface area contributed by atoms with Gasteiger partial charge in [-0.3, -0.25) is 25.8 Å². The fourth-order valence-electron chi connectivity index (χ4n) is 2.28. The second-order valence-corrected chi connectivity index (χ2v) is 6.55. The minimum Gasteiger partial charge on any atom is -0.494 e. The Balaban J connectivity index is 1.68. The van der Waals surface area contributed by atoms with Crippen LogP contribution in [0, 0.1) is 0 Å². The smallest absolute Gasteiger partial charge is 0.276 e. The van der Waals surface area contributed by atoms with E-state index in [1.54, 1.807) is 48.5 Å². The number of unbranched alkanes of at least 4 members (excludes halogenated alkanes) is 2. The maximum Gasteiger partial charge on any atom is 0.276 e. The summed E-state index contributed by atoms with van der Waals surface area (Å²) < 4.78 is 10.9. The molecule has 2 rings (SSSR count). The number of carbonyl (C=O) groups excluding carboxylic acids is 2. The second kappa shape index (κ2) is 12.4. The Hall–Kier alpha value is -3.13. The largest absolute Gasteiger partial charge is 0.494 e. The highest BCUT2D eigenvalue weighted by Crippen LogP contribution is 2.13. The van der Waals surface area contributed by atoms with Crippen LogP contribution in [-0.4, -0.2) is 30.1 Å². The van der Waals surface area contributed by atoms with E-state index in [1.165, 1.54) is 0 Å². The van der Waals surface area contributed by atoms with Gasteiger partial charge in [-0.15, -0.1) is 0 Å². The van der Waals surface area contributed by atoms with Gasteiger partial charge in [0, 0.05) is 5.56 Å². The zero-order valence-corrected chi connectivity index (χ0v) is 17.1. The van der Waals surface area contributed by atoms with Crippen LogP contribution in [-0.2, 0) is 4.79 Å². The molecule has 0 saturated carbocycles. The van der Waals surface area contributed by atoms with Crippen LogP contribution in [0.15, 0.2) is 54.6 Å². The van der Waals surface area contributed by atoms with Crippen molar-refractivity contribution in [2.75, 3.05) is 13.2 Å². The molecule has 0 radical (unpaired) electrons. The number of carbonyl (C=O) groups is 2. The van der Waals surface area contributed by atoms with E-state index in [4.69, 9.17) is 21.7 Å². The molecule has 2 amide bonds. The summed E-state index contributed by atoms with van der Waals surface area (Å²) in [4.78, 5) is 24.0. The Bertz CT molecular complexity index is 797. The molecular weight excluding hydrogens is 390 g/mol. The van der Waals surface area contributed by atoms with Crippen molar-refractivity contribution in [2.24, 2.45) is 0 Å². The lowest BCUT2D eigenvalue weighted by Crippen LogP contribution is -2.49. The Morgan fingerprint density at radius 1 is 0.897 bits per heavy atom. The van der Waals surface area contributed by atoms with Crippen molar-refractivity contribution >= 4 is 29.1 Å². The van der Waals surface area contributed by atoms with Crippen molar-refractivity contribution in [2.45, 2.75) is 26.2 Å². The van der Waals surface area contributed by atoms with Crippen molar-refractivity contribution in [1.82, 2.24) is 16.2 Å². The minimum atomic E-state index is -0.435. The topological polar surface area (TPSA) is 88.7 Å². The van der Waals surface area contributed by atoms with Crippen LogP contribution >= 0.6 is 12.2 Å². The summed E-state index contributed by atoms with van der Waals surface area (Å²) in [5.41, 5.74) is 5.25. The van der Waals surface area contributed by atoms with Gasteiger partial charge in [0.05, 0.1) is 6.61 Å². The zero-order chi connectivity index (χ0) is 20.9. The molecule has 3 N–H and O–H groups in total. The molecule has 154 valence electrons. The molecule has 0 unspecified atom stereocenters. The minimum absolute atomic E-state index is 0.0250. The molecule has 0 aliphatic rings. The third-order valence-electron chi connectivity index (χ3n) is 3.79. The number of thiocarbonyl (C=S) groups is 1. The highest BCUT2D eigenvalue weighted by molar-refractivity contribution is 7.80. The molecule has 2 aromatic carbocycles. The summed E-state index contributed by atoms with van der Waals surface area (Å²) in [6.45, 7) is 2.60. The number of nitrogens with one attached hydrogen (secondary N) is 3. The lowest BCUT2D eigenvalue weighted by Gasteiger charge is -2.12. The summed E-state index contributed by atoms with van der Waals surface area (Å²) in [5.74, 6) is 0.463. The van der Waals surface area contributed by atoms with Crippen molar-refractivity contribution in [1.29, 1.82) is 0 Å². The molecular formula is C21H25N3O4S. The van der Waals surface area contributed by atoms with E-state index < -0.39 is 11.8 Å². The highest BCUT2D eigenvalue weighted by atomic mass is 32.1. The van der Waals surface area contributed by atoms with Crippen LogP contribution in [0.4, 0.5) is 0 Å². The Morgan fingerprint density at radius 3 is 2.28 bits per heavy atom. The van der Waals surface area contributed by atoms with Crippen molar-refractivity contribution in [3.63, 3.8) is 0 Å². The monoisotopic (exact) mass is 415 g/mol. The first kappa shape index (κ1) is 22.2. The van der Waals surface area contributed by atoms with E-state index in [9.17, 15) is 9.59 Å². The van der Waals surface area contributed by atoms with Gasteiger partial charge in [-0.05, 0) is 55.0 Å². The van der Waals surface area contributed by atoms with E-state index in [0.717, 1.165) is 19.3 Å². The number of hydrogen-bond acceptors (Lipinski definition) is 5. The third-order valence-corrected chi connectivity index (χ3v) is 3.99. The first-order chi connectivity index (χ1) is 14.1. The predicted molar refractivity (Wildman–Crippen MR) is 115 cm³/mol. The van der Waals surface area contributed by atoms with Crippen LogP contribution in [0.2, 0.25) is 0 Å².